The maximum Gasteiger partial charge on any atom is 0.352 e. The van der Waals surface area contributed by atoms with Crippen molar-refractivity contribution in [3.05, 3.63) is 46.5 Å². The van der Waals surface area contributed by atoms with Gasteiger partial charge in [-0.05, 0) is 30.4 Å². The minimum atomic E-state index is -0.561. The predicted molar refractivity (Wildman–Crippen MR) is 82.6 cm³/mol. The molecule has 1 N–H and O–H groups in total. The smallest absolute Gasteiger partial charge is 0.352 e. The van der Waals surface area contributed by atoms with E-state index in [2.05, 4.69) is 14.9 Å². The molecule has 7 heteroatoms. The molecule has 0 bridgehead atoms. The second-order valence-corrected chi connectivity index (χ2v) is 5.43. The van der Waals surface area contributed by atoms with Gasteiger partial charge in [0.1, 0.15) is 0 Å². The summed E-state index contributed by atoms with van der Waals surface area (Å²) in [5.74, 6) is -0.908. The highest BCUT2D eigenvalue weighted by molar-refractivity contribution is 7.07. The Balaban J connectivity index is 1.84. The summed E-state index contributed by atoms with van der Waals surface area (Å²) in [6.07, 6.45) is 0.595. The molecule has 0 aliphatic carbocycles. The van der Waals surface area contributed by atoms with Gasteiger partial charge < -0.3 is 10.1 Å². The van der Waals surface area contributed by atoms with E-state index in [1.807, 2.05) is 44.2 Å². The van der Waals surface area contributed by atoms with Gasteiger partial charge in [0.2, 0.25) is 0 Å². The molecule has 6 nitrogen and oxygen atoms in total. The van der Waals surface area contributed by atoms with E-state index in [1.54, 1.807) is 0 Å². The van der Waals surface area contributed by atoms with Crippen LogP contribution in [-0.4, -0.2) is 28.1 Å². The fraction of sp³-hybridized carbons (Fsp3) is 0.333. The summed E-state index contributed by atoms with van der Waals surface area (Å²) < 4.78 is 8.73. The number of hydrogen-bond acceptors (Lipinski definition) is 6. The average molecular weight is 319 g/mol. The van der Waals surface area contributed by atoms with Gasteiger partial charge in [0.15, 0.2) is 11.5 Å². The molecule has 0 aliphatic heterocycles. The molecule has 0 spiro atoms. The normalized spacial score (nSPS) is 11.7. The zero-order valence-corrected chi connectivity index (χ0v) is 13.2. The van der Waals surface area contributed by atoms with Crippen LogP contribution in [0.1, 0.15) is 40.8 Å². The largest absolute Gasteiger partial charge is 0.451 e. The molecule has 116 valence electrons. The van der Waals surface area contributed by atoms with E-state index in [0.29, 0.717) is 17.0 Å². The number of rotatable bonds is 6. The van der Waals surface area contributed by atoms with E-state index < -0.39 is 5.97 Å². The number of carbonyl (C=O) groups is 2. The number of amides is 1. The van der Waals surface area contributed by atoms with Crippen LogP contribution in [0.3, 0.4) is 0 Å². The van der Waals surface area contributed by atoms with E-state index in [4.69, 9.17) is 4.74 Å². The van der Waals surface area contributed by atoms with Gasteiger partial charge in [-0.3, -0.25) is 4.79 Å². The highest BCUT2D eigenvalue weighted by Crippen LogP contribution is 2.13. The van der Waals surface area contributed by atoms with Gasteiger partial charge in [-0.25, -0.2) is 4.79 Å². The lowest BCUT2D eigenvalue weighted by Crippen LogP contribution is -2.31. The average Bonchev–Trinajstić information content (AvgIpc) is 3.02. The number of carbonyl (C=O) groups excluding carboxylic acids is 2. The highest BCUT2D eigenvalue weighted by Gasteiger charge is 2.18. The minimum absolute atomic E-state index is 0.149. The van der Waals surface area contributed by atoms with Crippen molar-refractivity contribution in [2.24, 2.45) is 0 Å². The first-order valence-electron chi connectivity index (χ1n) is 6.94. The van der Waals surface area contributed by atoms with Gasteiger partial charge in [0.25, 0.3) is 5.91 Å². The Morgan fingerprint density at radius 1 is 1.32 bits per heavy atom. The van der Waals surface area contributed by atoms with Crippen LogP contribution in [-0.2, 0) is 16.0 Å². The highest BCUT2D eigenvalue weighted by atomic mass is 32.1. The molecule has 1 amide bonds. The summed E-state index contributed by atoms with van der Waals surface area (Å²) in [7, 11) is 0. The fourth-order valence-electron chi connectivity index (χ4n) is 1.90. The second-order valence-electron chi connectivity index (χ2n) is 4.68. The molecule has 0 unspecified atom stereocenters. The molecule has 1 atom stereocenters. The third-order valence-corrected chi connectivity index (χ3v) is 3.84. The summed E-state index contributed by atoms with van der Waals surface area (Å²) in [4.78, 5) is 24.1. The molecule has 0 aliphatic rings. The minimum Gasteiger partial charge on any atom is -0.451 e. The van der Waals surface area contributed by atoms with Crippen molar-refractivity contribution in [1.82, 2.24) is 14.9 Å². The first-order chi connectivity index (χ1) is 10.6. The fourth-order valence-corrected chi connectivity index (χ4v) is 2.54. The number of hydrogen-bond donors (Lipinski definition) is 1. The van der Waals surface area contributed by atoms with Crippen molar-refractivity contribution in [2.45, 2.75) is 26.3 Å². The third kappa shape index (κ3) is 4.11. The molecule has 0 saturated carbocycles. The van der Waals surface area contributed by atoms with Gasteiger partial charge in [-0.2, -0.15) is 0 Å². The lowest BCUT2D eigenvalue weighted by Gasteiger charge is -2.14. The van der Waals surface area contributed by atoms with Gasteiger partial charge >= 0.3 is 5.97 Å². The SMILES string of the molecule is CCc1nnsc1C(=O)OCC(=O)N[C@H](C)c1ccccc1. The number of nitrogens with one attached hydrogen (secondary N) is 1. The van der Waals surface area contributed by atoms with Crippen molar-refractivity contribution in [2.75, 3.05) is 6.61 Å². The Labute approximate surface area is 132 Å². The molecule has 2 aromatic rings. The van der Waals surface area contributed by atoms with E-state index in [0.717, 1.165) is 17.1 Å². The lowest BCUT2D eigenvalue weighted by atomic mass is 10.1. The maximum absolute atomic E-state index is 11.9. The van der Waals surface area contributed by atoms with Crippen LogP contribution in [0.5, 0.6) is 0 Å². The van der Waals surface area contributed by atoms with Crippen LogP contribution in [0, 0.1) is 0 Å². The predicted octanol–water partition coefficient (Wildman–Crippen LogP) is 2.13. The number of aromatic nitrogens is 2. The first kappa shape index (κ1) is 16.1. The van der Waals surface area contributed by atoms with Gasteiger partial charge in [-0.1, -0.05) is 41.7 Å². The molecule has 0 radical (unpaired) electrons. The van der Waals surface area contributed by atoms with Gasteiger partial charge in [-0.15, -0.1) is 5.10 Å². The molecule has 1 aromatic heterocycles. The van der Waals surface area contributed by atoms with Crippen molar-refractivity contribution in [1.29, 1.82) is 0 Å². The van der Waals surface area contributed by atoms with Crippen molar-refractivity contribution in [3.8, 4) is 0 Å². The maximum atomic E-state index is 11.9. The molecule has 1 aromatic carbocycles. The van der Waals surface area contributed by atoms with Crippen LogP contribution >= 0.6 is 11.5 Å². The van der Waals surface area contributed by atoms with Crippen LogP contribution in [0.25, 0.3) is 0 Å². The standard InChI is InChI=1S/C15H17N3O3S/c1-3-12-14(22-18-17-12)15(20)21-9-13(19)16-10(2)11-7-5-4-6-8-11/h4-8,10H,3,9H2,1-2H3,(H,16,19)/t10-/m1/s1. The molecule has 0 fully saturated rings. The van der Waals surface area contributed by atoms with Crippen LogP contribution in [0.15, 0.2) is 30.3 Å². The van der Waals surface area contributed by atoms with E-state index in [9.17, 15) is 9.59 Å². The number of ether oxygens (including phenoxy) is 1. The monoisotopic (exact) mass is 319 g/mol. The summed E-state index contributed by atoms with van der Waals surface area (Å²) in [6, 6.07) is 9.42. The topological polar surface area (TPSA) is 81.2 Å². The summed E-state index contributed by atoms with van der Waals surface area (Å²) in [5.41, 5.74) is 1.58. The molecule has 0 saturated heterocycles. The number of aryl methyl sites for hydroxylation is 1. The Bertz CT molecular complexity index is 642. The van der Waals surface area contributed by atoms with Crippen molar-refractivity contribution >= 4 is 23.4 Å². The Morgan fingerprint density at radius 2 is 2.05 bits per heavy atom. The summed E-state index contributed by atoms with van der Waals surface area (Å²) >= 11 is 0.977. The first-order valence-corrected chi connectivity index (χ1v) is 7.71. The van der Waals surface area contributed by atoms with Crippen LogP contribution in [0.2, 0.25) is 0 Å². The molecule has 2 rings (SSSR count). The lowest BCUT2D eigenvalue weighted by molar-refractivity contribution is -0.124. The quantitative estimate of drug-likeness (QED) is 0.825. The summed E-state index contributed by atoms with van der Waals surface area (Å²) in [5, 5.41) is 6.62. The Morgan fingerprint density at radius 3 is 2.73 bits per heavy atom. The Hall–Kier alpha value is -2.28. The van der Waals surface area contributed by atoms with Crippen LogP contribution < -0.4 is 5.32 Å². The molecule has 1 heterocycles. The number of esters is 1. The van der Waals surface area contributed by atoms with Gasteiger partial charge in [0.05, 0.1) is 11.7 Å². The van der Waals surface area contributed by atoms with E-state index in [-0.39, 0.29) is 18.6 Å². The number of nitrogens with zero attached hydrogens (tertiary/aromatic N) is 2. The Kier molecular flexibility index (Phi) is 5.60. The molecular formula is C15H17N3O3S. The molecular weight excluding hydrogens is 302 g/mol. The zero-order chi connectivity index (χ0) is 15.9. The van der Waals surface area contributed by atoms with Crippen molar-refractivity contribution in [3.63, 3.8) is 0 Å². The van der Waals surface area contributed by atoms with E-state index >= 15 is 0 Å². The van der Waals surface area contributed by atoms with Gasteiger partial charge in [0, 0.05) is 0 Å². The zero-order valence-electron chi connectivity index (χ0n) is 12.4. The van der Waals surface area contributed by atoms with E-state index in [1.165, 1.54) is 0 Å². The number of benzene rings is 1. The molecule has 22 heavy (non-hydrogen) atoms. The summed E-state index contributed by atoms with van der Waals surface area (Å²) in [6.45, 7) is 3.43. The van der Waals surface area contributed by atoms with Crippen molar-refractivity contribution < 1.29 is 14.3 Å². The third-order valence-electron chi connectivity index (χ3n) is 3.09. The van der Waals surface area contributed by atoms with Crippen LogP contribution in [0.4, 0.5) is 0 Å². The second kappa shape index (κ2) is 7.65.